The van der Waals surface area contributed by atoms with E-state index in [0.29, 0.717) is 16.2 Å². The van der Waals surface area contributed by atoms with Gasteiger partial charge in [-0.05, 0) is 29.8 Å². The van der Waals surface area contributed by atoms with Crippen molar-refractivity contribution in [1.29, 1.82) is 0 Å². The molecule has 0 aliphatic carbocycles. The van der Waals surface area contributed by atoms with Gasteiger partial charge in [0, 0.05) is 10.4 Å². The molecule has 0 amide bonds. The smallest absolute Gasteiger partial charge is 0.344 e. The lowest BCUT2D eigenvalue weighted by molar-refractivity contribution is 0.563. The second kappa shape index (κ2) is 4.31. The van der Waals surface area contributed by atoms with E-state index in [4.69, 9.17) is 16.0 Å². The largest absolute Gasteiger partial charge is 0.422 e. The van der Waals surface area contributed by atoms with Crippen molar-refractivity contribution in [2.24, 2.45) is 0 Å². The Kier molecular flexibility index (Phi) is 2.65. The summed E-state index contributed by atoms with van der Waals surface area (Å²) < 4.78 is 5.29. The summed E-state index contributed by atoms with van der Waals surface area (Å²) in [4.78, 5) is 11.9. The van der Waals surface area contributed by atoms with Gasteiger partial charge in [0.2, 0.25) is 0 Å². The van der Waals surface area contributed by atoms with Crippen molar-refractivity contribution in [2.75, 3.05) is 0 Å². The van der Waals surface area contributed by atoms with E-state index in [9.17, 15) is 4.79 Å². The van der Waals surface area contributed by atoms with E-state index in [1.54, 1.807) is 18.2 Å². The fourth-order valence-corrected chi connectivity index (χ4v) is 2.11. The van der Waals surface area contributed by atoms with E-state index in [1.165, 1.54) is 0 Å². The minimum atomic E-state index is -0.351. The van der Waals surface area contributed by atoms with Gasteiger partial charge in [0.05, 0.1) is 5.56 Å². The summed E-state index contributed by atoms with van der Waals surface area (Å²) in [5.74, 6) is 0. The van der Waals surface area contributed by atoms with Gasteiger partial charge < -0.3 is 4.42 Å². The molecule has 2 nitrogen and oxygen atoms in total. The number of benzene rings is 2. The van der Waals surface area contributed by atoms with Gasteiger partial charge in [-0.15, -0.1) is 0 Å². The van der Waals surface area contributed by atoms with Crippen LogP contribution in [0.2, 0.25) is 5.02 Å². The van der Waals surface area contributed by atoms with Crippen LogP contribution in [0.5, 0.6) is 0 Å². The average Bonchev–Trinajstić information content (AvgIpc) is 2.38. The van der Waals surface area contributed by atoms with Crippen molar-refractivity contribution in [1.82, 2.24) is 0 Å². The number of rotatable bonds is 1. The Morgan fingerprint density at radius 2 is 1.78 bits per heavy atom. The van der Waals surface area contributed by atoms with Gasteiger partial charge in [-0.2, -0.15) is 0 Å². The molecule has 1 aromatic heterocycles. The number of para-hydroxylation sites is 1. The Hall–Kier alpha value is -2.06. The molecule has 0 aliphatic heterocycles. The van der Waals surface area contributed by atoms with E-state index in [1.807, 2.05) is 36.4 Å². The third-order valence-electron chi connectivity index (χ3n) is 2.78. The average molecular weight is 257 g/mol. The fourth-order valence-electron chi connectivity index (χ4n) is 1.92. The van der Waals surface area contributed by atoms with E-state index in [-0.39, 0.29) is 5.63 Å². The van der Waals surface area contributed by atoms with Crippen LogP contribution in [0.4, 0.5) is 0 Å². The minimum Gasteiger partial charge on any atom is -0.422 e. The van der Waals surface area contributed by atoms with Crippen LogP contribution in [-0.2, 0) is 0 Å². The van der Waals surface area contributed by atoms with Gasteiger partial charge in [-0.3, -0.25) is 0 Å². The van der Waals surface area contributed by atoms with Crippen molar-refractivity contribution in [3.63, 3.8) is 0 Å². The summed E-state index contributed by atoms with van der Waals surface area (Å²) in [6, 6.07) is 16.4. The molecule has 0 radical (unpaired) electrons. The SMILES string of the molecule is O=c1oc2ccccc2cc1-c1cccc(Cl)c1. The zero-order chi connectivity index (χ0) is 12.5. The zero-order valence-corrected chi connectivity index (χ0v) is 10.1. The van der Waals surface area contributed by atoms with Crippen LogP contribution >= 0.6 is 11.6 Å². The van der Waals surface area contributed by atoms with Gasteiger partial charge in [0.1, 0.15) is 5.58 Å². The van der Waals surface area contributed by atoms with Crippen LogP contribution in [-0.4, -0.2) is 0 Å². The van der Waals surface area contributed by atoms with E-state index in [0.717, 1.165) is 10.9 Å². The normalized spacial score (nSPS) is 10.7. The Morgan fingerprint density at radius 1 is 0.944 bits per heavy atom. The van der Waals surface area contributed by atoms with Gasteiger partial charge in [0.15, 0.2) is 0 Å². The third kappa shape index (κ3) is 1.91. The number of fused-ring (bicyclic) bond motifs is 1. The summed E-state index contributed by atoms with van der Waals surface area (Å²) in [5.41, 5.74) is 1.53. The van der Waals surface area contributed by atoms with Crippen LogP contribution in [0.1, 0.15) is 0 Å². The predicted molar refractivity (Wildman–Crippen MR) is 72.9 cm³/mol. The highest BCUT2D eigenvalue weighted by Gasteiger charge is 2.07. The van der Waals surface area contributed by atoms with Crippen molar-refractivity contribution < 1.29 is 4.42 Å². The molecule has 0 fully saturated rings. The fraction of sp³-hybridized carbons (Fsp3) is 0. The molecule has 88 valence electrons. The first-order valence-corrected chi connectivity index (χ1v) is 5.91. The van der Waals surface area contributed by atoms with E-state index >= 15 is 0 Å². The molecule has 0 aliphatic rings. The second-order valence-electron chi connectivity index (χ2n) is 4.00. The molecule has 2 aromatic carbocycles. The Morgan fingerprint density at radius 3 is 2.61 bits per heavy atom. The molecule has 3 rings (SSSR count). The van der Waals surface area contributed by atoms with Crippen LogP contribution in [0.3, 0.4) is 0 Å². The topological polar surface area (TPSA) is 30.2 Å². The number of halogens is 1. The van der Waals surface area contributed by atoms with Crippen molar-refractivity contribution in [3.8, 4) is 11.1 Å². The first-order chi connectivity index (χ1) is 8.74. The minimum absolute atomic E-state index is 0.351. The van der Waals surface area contributed by atoms with E-state index in [2.05, 4.69) is 0 Å². The van der Waals surface area contributed by atoms with Gasteiger partial charge in [-0.25, -0.2) is 4.79 Å². The Balaban J connectivity index is 2.29. The maximum atomic E-state index is 11.9. The molecular formula is C15H9ClO2. The zero-order valence-electron chi connectivity index (χ0n) is 9.39. The first-order valence-electron chi connectivity index (χ1n) is 5.53. The van der Waals surface area contributed by atoms with Crippen LogP contribution < -0.4 is 5.63 Å². The molecule has 0 atom stereocenters. The van der Waals surface area contributed by atoms with E-state index < -0.39 is 0 Å². The van der Waals surface area contributed by atoms with Gasteiger partial charge in [0.25, 0.3) is 0 Å². The molecule has 0 saturated carbocycles. The molecule has 0 N–H and O–H groups in total. The maximum absolute atomic E-state index is 11.9. The molecule has 18 heavy (non-hydrogen) atoms. The molecule has 0 unspecified atom stereocenters. The van der Waals surface area contributed by atoms with Gasteiger partial charge >= 0.3 is 5.63 Å². The lowest BCUT2D eigenvalue weighted by atomic mass is 10.1. The molecule has 1 heterocycles. The lowest BCUT2D eigenvalue weighted by Crippen LogP contribution is -2.02. The maximum Gasteiger partial charge on any atom is 0.344 e. The number of hydrogen-bond donors (Lipinski definition) is 0. The first kappa shape index (κ1) is 11.1. The molecule has 0 spiro atoms. The summed E-state index contributed by atoms with van der Waals surface area (Å²) in [6.45, 7) is 0. The highest BCUT2D eigenvalue weighted by molar-refractivity contribution is 6.30. The monoisotopic (exact) mass is 256 g/mol. The van der Waals surface area contributed by atoms with Crippen molar-refractivity contribution in [3.05, 3.63) is 70.0 Å². The molecule has 0 saturated heterocycles. The Labute approximate surface area is 108 Å². The standard InChI is InChI=1S/C15H9ClO2/c16-12-6-3-5-10(8-12)13-9-11-4-1-2-7-14(11)18-15(13)17/h1-9H. The van der Waals surface area contributed by atoms with Crippen molar-refractivity contribution in [2.45, 2.75) is 0 Å². The molecule has 3 heteroatoms. The summed E-state index contributed by atoms with van der Waals surface area (Å²) >= 11 is 5.93. The highest BCUT2D eigenvalue weighted by Crippen LogP contribution is 2.23. The van der Waals surface area contributed by atoms with Gasteiger partial charge in [-0.1, -0.05) is 41.9 Å². The Bertz CT molecular complexity index is 775. The predicted octanol–water partition coefficient (Wildman–Crippen LogP) is 4.11. The summed E-state index contributed by atoms with van der Waals surface area (Å²) in [6.07, 6.45) is 0. The van der Waals surface area contributed by atoms with Crippen LogP contribution in [0.15, 0.2) is 63.8 Å². The summed E-state index contributed by atoms with van der Waals surface area (Å²) in [7, 11) is 0. The lowest BCUT2D eigenvalue weighted by Gasteiger charge is -2.02. The summed E-state index contributed by atoms with van der Waals surface area (Å²) in [5, 5.41) is 1.49. The van der Waals surface area contributed by atoms with Crippen LogP contribution in [0.25, 0.3) is 22.1 Å². The molecule has 3 aromatic rings. The molecular weight excluding hydrogens is 248 g/mol. The molecule has 0 bridgehead atoms. The quantitative estimate of drug-likeness (QED) is 0.613. The van der Waals surface area contributed by atoms with Crippen LogP contribution in [0, 0.1) is 0 Å². The third-order valence-corrected chi connectivity index (χ3v) is 3.01. The van der Waals surface area contributed by atoms with Crippen molar-refractivity contribution >= 4 is 22.6 Å². The number of hydrogen-bond acceptors (Lipinski definition) is 2. The second-order valence-corrected chi connectivity index (χ2v) is 4.43. The highest BCUT2D eigenvalue weighted by atomic mass is 35.5.